The van der Waals surface area contributed by atoms with E-state index in [1.54, 1.807) is 4.90 Å². The summed E-state index contributed by atoms with van der Waals surface area (Å²) in [5.41, 5.74) is -0.229. The van der Waals surface area contributed by atoms with Crippen LogP contribution in [0.25, 0.3) is 0 Å². The minimum atomic E-state index is -4.25. The van der Waals surface area contributed by atoms with Crippen LogP contribution in [-0.4, -0.2) is 42.4 Å². The predicted molar refractivity (Wildman–Crippen MR) is 47.1 cm³/mol. The molecule has 84 valence electrons. The molecular formula is C9H16F3NO. The molecule has 0 N–H and O–H groups in total. The first-order chi connectivity index (χ1) is 6.21. The largest absolute Gasteiger partial charge is 0.415 e. The summed E-state index contributed by atoms with van der Waals surface area (Å²) >= 11 is 0. The molecule has 0 bridgehead atoms. The van der Waals surface area contributed by atoms with Gasteiger partial charge in [0.25, 0.3) is 0 Å². The summed E-state index contributed by atoms with van der Waals surface area (Å²) in [6.07, 6.45) is -5.88. The normalized spacial score (nSPS) is 26.6. The number of alkyl halides is 3. The maximum Gasteiger partial charge on any atom is 0.415 e. The third-order valence-corrected chi connectivity index (χ3v) is 2.38. The van der Waals surface area contributed by atoms with Gasteiger partial charge in [0, 0.05) is 18.6 Å². The van der Waals surface area contributed by atoms with Crippen molar-refractivity contribution in [2.45, 2.75) is 38.6 Å². The zero-order valence-electron chi connectivity index (χ0n) is 8.69. The van der Waals surface area contributed by atoms with Gasteiger partial charge < -0.3 is 4.74 Å². The Bertz CT molecular complexity index is 177. The van der Waals surface area contributed by atoms with Gasteiger partial charge in [0.2, 0.25) is 0 Å². The van der Waals surface area contributed by atoms with E-state index in [-0.39, 0.29) is 18.7 Å². The van der Waals surface area contributed by atoms with E-state index in [1.807, 2.05) is 20.8 Å². The van der Waals surface area contributed by atoms with E-state index >= 15 is 0 Å². The highest BCUT2D eigenvalue weighted by Gasteiger charge is 2.44. The lowest BCUT2D eigenvalue weighted by Gasteiger charge is -2.41. The van der Waals surface area contributed by atoms with Crippen LogP contribution in [0.3, 0.4) is 0 Å². The summed E-state index contributed by atoms with van der Waals surface area (Å²) in [4.78, 5) is 1.80. The van der Waals surface area contributed by atoms with Gasteiger partial charge in [-0.25, -0.2) is 0 Å². The molecule has 1 aliphatic heterocycles. The molecule has 1 rings (SSSR count). The quantitative estimate of drug-likeness (QED) is 0.608. The summed E-state index contributed by atoms with van der Waals surface area (Å²) in [7, 11) is 0. The zero-order chi connectivity index (χ0) is 11.0. The number of hydrogen-bond donors (Lipinski definition) is 0. The van der Waals surface area contributed by atoms with E-state index in [1.165, 1.54) is 0 Å². The lowest BCUT2D eigenvalue weighted by atomic mass is 10.0. The summed E-state index contributed by atoms with van der Waals surface area (Å²) in [5, 5.41) is 0. The third kappa shape index (κ3) is 2.85. The van der Waals surface area contributed by atoms with Crippen LogP contribution in [0.2, 0.25) is 0 Å². The third-order valence-electron chi connectivity index (χ3n) is 2.38. The van der Waals surface area contributed by atoms with Gasteiger partial charge in [-0.05, 0) is 20.8 Å². The van der Waals surface area contributed by atoms with Crippen LogP contribution >= 0.6 is 0 Å². The lowest BCUT2D eigenvalue weighted by molar-refractivity contribution is -0.242. The molecule has 1 heterocycles. The highest BCUT2D eigenvalue weighted by Crippen LogP contribution is 2.28. The van der Waals surface area contributed by atoms with Crippen LogP contribution in [0.5, 0.6) is 0 Å². The average molecular weight is 211 g/mol. The SMILES string of the molecule is CC(C)(C)N1CCO[C@H](C(F)(F)F)C1. The van der Waals surface area contributed by atoms with Crippen molar-refractivity contribution in [2.24, 2.45) is 0 Å². The summed E-state index contributed by atoms with van der Waals surface area (Å²) < 4.78 is 41.8. The Hall–Kier alpha value is -0.290. The first kappa shape index (κ1) is 11.8. The number of nitrogens with zero attached hydrogens (tertiary/aromatic N) is 1. The second-order valence-electron chi connectivity index (χ2n) is 4.52. The molecule has 1 fully saturated rings. The Morgan fingerprint density at radius 1 is 1.21 bits per heavy atom. The molecular weight excluding hydrogens is 195 g/mol. The van der Waals surface area contributed by atoms with Crippen LogP contribution in [0, 0.1) is 0 Å². The molecule has 1 aliphatic rings. The number of rotatable bonds is 0. The standard InChI is InChI=1S/C9H16F3NO/c1-8(2,3)13-4-5-14-7(6-13)9(10,11)12/h7H,4-6H2,1-3H3/t7-/m0/s1. The van der Waals surface area contributed by atoms with E-state index in [0.29, 0.717) is 6.54 Å². The van der Waals surface area contributed by atoms with E-state index in [0.717, 1.165) is 0 Å². The monoisotopic (exact) mass is 211 g/mol. The van der Waals surface area contributed by atoms with Gasteiger partial charge in [0.05, 0.1) is 6.61 Å². The molecule has 5 heteroatoms. The number of morpholine rings is 1. The van der Waals surface area contributed by atoms with Crippen LogP contribution in [0.1, 0.15) is 20.8 Å². The molecule has 1 atom stereocenters. The number of hydrogen-bond acceptors (Lipinski definition) is 2. The van der Waals surface area contributed by atoms with Crippen LogP contribution in [0.4, 0.5) is 13.2 Å². The predicted octanol–water partition coefficient (Wildman–Crippen LogP) is 2.05. The van der Waals surface area contributed by atoms with E-state index in [2.05, 4.69) is 0 Å². The molecule has 1 saturated heterocycles. The molecule has 0 aromatic carbocycles. The topological polar surface area (TPSA) is 12.5 Å². The fourth-order valence-electron chi connectivity index (χ4n) is 1.46. The minimum Gasteiger partial charge on any atom is -0.366 e. The van der Waals surface area contributed by atoms with E-state index < -0.39 is 12.3 Å². The Morgan fingerprint density at radius 3 is 2.21 bits per heavy atom. The van der Waals surface area contributed by atoms with Crippen molar-refractivity contribution in [3.8, 4) is 0 Å². The molecule has 0 aromatic heterocycles. The van der Waals surface area contributed by atoms with Crippen molar-refractivity contribution in [1.82, 2.24) is 4.90 Å². The maximum atomic E-state index is 12.4. The van der Waals surface area contributed by atoms with Gasteiger partial charge in [-0.15, -0.1) is 0 Å². The molecule has 0 saturated carbocycles. The highest BCUT2D eigenvalue weighted by molar-refractivity contribution is 4.84. The van der Waals surface area contributed by atoms with Crippen molar-refractivity contribution in [2.75, 3.05) is 19.7 Å². The smallest absolute Gasteiger partial charge is 0.366 e. The molecule has 0 amide bonds. The van der Waals surface area contributed by atoms with Crippen molar-refractivity contribution in [3.05, 3.63) is 0 Å². The van der Waals surface area contributed by atoms with Gasteiger partial charge in [-0.2, -0.15) is 13.2 Å². The number of ether oxygens (including phenoxy) is 1. The van der Waals surface area contributed by atoms with Crippen molar-refractivity contribution in [3.63, 3.8) is 0 Å². The first-order valence-corrected chi connectivity index (χ1v) is 4.64. The second-order valence-corrected chi connectivity index (χ2v) is 4.52. The van der Waals surface area contributed by atoms with Crippen LogP contribution in [-0.2, 0) is 4.74 Å². The summed E-state index contributed by atoms with van der Waals surface area (Å²) in [5.74, 6) is 0. The molecule has 14 heavy (non-hydrogen) atoms. The maximum absolute atomic E-state index is 12.4. The molecule has 0 spiro atoms. The Kier molecular flexibility index (Phi) is 3.11. The minimum absolute atomic E-state index is 0.0625. The van der Waals surface area contributed by atoms with Gasteiger partial charge in [-0.3, -0.25) is 4.90 Å². The van der Waals surface area contributed by atoms with E-state index in [4.69, 9.17) is 4.74 Å². The zero-order valence-corrected chi connectivity index (χ0v) is 8.69. The van der Waals surface area contributed by atoms with Crippen LogP contribution < -0.4 is 0 Å². The Morgan fingerprint density at radius 2 is 1.79 bits per heavy atom. The first-order valence-electron chi connectivity index (χ1n) is 4.64. The molecule has 0 aliphatic carbocycles. The molecule has 0 unspecified atom stereocenters. The van der Waals surface area contributed by atoms with Crippen molar-refractivity contribution < 1.29 is 17.9 Å². The Balaban J connectivity index is 2.61. The summed E-state index contributed by atoms with van der Waals surface area (Å²) in [6, 6.07) is 0. The highest BCUT2D eigenvalue weighted by atomic mass is 19.4. The fourth-order valence-corrected chi connectivity index (χ4v) is 1.46. The second kappa shape index (κ2) is 3.70. The lowest BCUT2D eigenvalue weighted by Crippen LogP contribution is -2.55. The van der Waals surface area contributed by atoms with Gasteiger partial charge in [0.1, 0.15) is 0 Å². The van der Waals surface area contributed by atoms with Gasteiger partial charge in [-0.1, -0.05) is 0 Å². The Labute approximate surface area is 82.0 Å². The number of halogens is 3. The molecule has 2 nitrogen and oxygen atoms in total. The van der Waals surface area contributed by atoms with Crippen molar-refractivity contribution >= 4 is 0 Å². The average Bonchev–Trinajstić information content (AvgIpc) is 2.01. The molecule has 0 aromatic rings. The van der Waals surface area contributed by atoms with Gasteiger partial charge >= 0.3 is 6.18 Å². The van der Waals surface area contributed by atoms with E-state index in [9.17, 15) is 13.2 Å². The fraction of sp³-hybridized carbons (Fsp3) is 1.00. The van der Waals surface area contributed by atoms with Crippen LogP contribution in [0.15, 0.2) is 0 Å². The summed E-state index contributed by atoms with van der Waals surface area (Å²) in [6.45, 7) is 6.38. The van der Waals surface area contributed by atoms with Gasteiger partial charge in [0.15, 0.2) is 6.10 Å². The molecule has 0 radical (unpaired) electrons. The van der Waals surface area contributed by atoms with Crippen molar-refractivity contribution in [1.29, 1.82) is 0 Å².